The van der Waals surface area contributed by atoms with Crippen LogP contribution in [0.5, 0.6) is 11.5 Å². The second-order valence-electron chi connectivity index (χ2n) is 8.15. The van der Waals surface area contributed by atoms with Gasteiger partial charge >= 0.3 is 0 Å². The van der Waals surface area contributed by atoms with Gasteiger partial charge in [-0.3, -0.25) is 14.5 Å². The Balaban J connectivity index is 1.46. The minimum atomic E-state index is -0.531. The molecule has 0 aliphatic carbocycles. The number of rotatable bonds is 5. The van der Waals surface area contributed by atoms with Gasteiger partial charge in [-0.2, -0.15) is 5.10 Å². The monoisotopic (exact) mass is 476 g/mol. The van der Waals surface area contributed by atoms with Crippen molar-refractivity contribution in [2.24, 2.45) is 0 Å². The van der Waals surface area contributed by atoms with Gasteiger partial charge in [0.2, 0.25) is 5.91 Å². The number of amides is 1. The number of hydrogen-bond acceptors (Lipinski definition) is 4. The molecule has 34 heavy (non-hydrogen) atoms. The maximum Gasteiger partial charge on any atom is 0.246 e. The van der Waals surface area contributed by atoms with Crippen LogP contribution in [0.25, 0.3) is 22.2 Å². The molecule has 1 amide bonds. The van der Waals surface area contributed by atoms with E-state index in [1.807, 2.05) is 27.8 Å². The molecule has 6 nitrogen and oxygen atoms in total. The summed E-state index contributed by atoms with van der Waals surface area (Å²) < 4.78 is 21.5. The first-order valence-electron chi connectivity index (χ1n) is 11.0. The van der Waals surface area contributed by atoms with Crippen LogP contribution >= 0.6 is 11.6 Å². The van der Waals surface area contributed by atoms with Gasteiger partial charge in [-0.15, -0.1) is 0 Å². The lowest BCUT2D eigenvalue weighted by Crippen LogP contribution is -2.40. The summed E-state index contributed by atoms with van der Waals surface area (Å²) in [4.78, 5) is 18.3. The average molecular weight is 477 g/mol. The summed E-state index contributed by atoms with van der Waals surface area (Å²) in [6, 6.07) is 13.8. The van der Waals surface area contributed by atoms with E-state index in [1.54, 1.807) is 36.7 Å². The van der Waals surface area contributed by atoms with Crippen molar-refractivity contribution >= 4 is 28.4 Å². The van der Waals surface area contributed by atoms with Crippen molar-refractivity contribution in [2.75, 3.05) is 13.1 Å². The van der Waals surface area contributed by atoms with Crippen molar-refractivity contribution in [1.29, 1.82) is 0 Å². The Morgan fingerprint density at radius 1 is 1.21 bits per heavy atom. The first-order chi connectivity index (χ1) is 16.5. The van der Waals surface area contributed by atoms with Gasteiger partial charge in [0.15, 0.2) is 0 Å². The van der Waals surface area contributed by atoms with Gasteiger partial charge in [0.05, 0.1) is 11.6 Å². The summed E-state index contributed by atoms with van der Waals surface area (Å²) in [5.41, 5.74) is 2.66. The van der Waals surface area contributed by atoms with E-state index in [4.69, 9.17) is 21.4 Å². The molecule has 0 spiro atoms. The van der Waals surface area contributed by atoms with Gasteiger partial charge in [-0.1, -0.05) is 24.2 Å². The van der Waals surface area contributed by atoms with Crippen molar-refractivity contribution in [1.82, 2.24) is 19.7 Å². The second-order valence-corrected chi connectivity index (χ2v) is 8.53. The molecule has 5 rings (SSSR count). The molecule has 1 atom stereocenters. The predicted molar refractivity (Wildman–Crippen MR) is 129 cm³/mol. The maximum absolute atomic E-state index is 13.7. The highest BCUT2D eigenvalue weighted by Gasteiger charge is 2.26. The fraction of sp³-hybridized carbons (Fsp3) is 0.192. The van der Waals surface area contributed by atoms with Crippen LogP contribution in [0.15, 0.2) is 73.6 Å². The van der Waals surface area contributed by atoms with E-state index in [9.17, 15) is 9.18 Å². The summed E-state index contributed by atoms with van der Waals surface area (Å²) in [6.07, 6.45) is 6.75. The lowest BCUT2D eigenvalue weighted by molar-refractivity contribution is -0.127. The lowest BCUT2D eigenvalue weighted by atomic mass is 10.1. The minimum Gasteiger partial charge on any atom is -0.456 e. The van der Waals surface area contributed by atoms with Gasteiger partial charge in [0.25, 0.3) is 0 Å². The SMILES string of the molecule is C=CC(=O)N1CCCC(n2nc(-c3ccc(Oc4cccc(F)c4Cl)cc3)c3cnccc32)C1. The predicted octanol–water partition coefficient (Wildman–Crippen LogP) is 6.03. The number of fused-ring (bicyclic) bond motifs is 1. The summed E-state index contributed by atoms with van der Waals surface area (Å²) in [6.45, 7) is 4.93. The van der Waals surface area contributed by atoms with E-state index in [0.717, 1.165) is 41.5 Å². The zero-order valence-electron chi connectivity index (χ0n) is 18.3. The molecule has 1 saturated heterocycles. The molecule has 1 aliphatic heterocycles. The molecule has 2 aromatic carbocycles. The molecule has 3 heterocycles. The second kappa shape index (κ2) is 9.27. The van der Waals surface area contributed by atoms with Gasteiger partial charge in [0, 0.05) is 36.4 Å². The van der Waals surface area contributed by atoms with Gasteiger partial charge in [0.1, 0.15) is 28.0 Å². The summed E-state index contributed by atoms with van der Waals surface area (Å²) in [7, 11) is 0. The molecule has 4 aromatic rings. The first-order valence-corrected chi connectivity index (χ1v) is 11.4. The Morgan fingerprint density at radius 3 is 2.82 bits per heavy atom. The van der Waals surface area contributed by atoms with E-state index >= 15 is 0 Å². The van der Waals surface area contributed by atoms with E-state index < -0.39 is 5.82 Å². The Hall–Kier alpha value is -3.71. The van der Waals surface area contributed by atoms with Crippen LogP contribution in [0, 0.1) is 5.82 Å². The van der Waals surface area contributed by atoms with E-state index in [0.29, 0.717) is 12.3 Å². The first kappa shape index (κ1) is 22.1. The van der Waals surface area contributed by atoms with Crippen LogP contribution in [0.4, 0.5) is 4.39 Å². The number of piperidine rings is 1. The largest absolute Gasteiger partial charge is 0.456 e. The third-order valence-electron chi connectivity index (χ3n) is 6.01. The lowest BCUT2D eigenvalue weighted by Gasteiger charge is -2.32. The molecule has 0 radical (unpaired) electrons. The summed E-state index contributed by atoms with van der Waals surface area (Å²) >= 11 is 6.00. The van der Waals surface area contributed by atoms with Crippen molar-refractivity contribution in [3.8, 4) is 22.8 Å². The smallest absolute Gasteiger partial charge is 0.246 e. The number of halogens is 2. The zero-order chi connectivity index (χ0) is 23.7. The topological polar surface area (TPSA) is 60.2 Å². The number of benzene rings is 2. The molecule has 0 bridgehead atoms. The molecule has 0 saturated carbocycles. The molecular formula is C26H22ClFN4O2. The number of hydrogen-bond donors (Lipinski definition) is 0. The number of pyridine rings is 1. The molecule has 0 N–H and O–H groups in total. The van der Waals surface area contributed by atoms with Crippen molar-refractivity contribution in [3.63, 3.8) is 0 Å². The van der Waals surface area contributed by atoms with Crippen molar-refractivity contribution in [3.05, 3.63) is 84.4 Å². The number of ether oxygens (including phenoxy) is 1. The molecule has 1 aliphatic rings. The Labute approximate surface area is 201 Å². The third-order valence-corrected chi connectivity index (χ3v) is 6.37. The number of likely N-dealkylation sites (tertiary alicyclic amines) is 1. The van der Waals surface area contributed by atoms with E-state index in [-0.39, 0.29) is 22.7 Å². The average Bonchev–Trinajstić information content (AvgIpc) is 3.27. The van der Waals surface area contributed by atoms with E-state index in [2.05, 4.69) is 11.6 Å². The highest BCUT2D eigenvalue weighted by molar-refractivity contribution is 6.32. The molecule has 8 heteroatoms. The quantitative estimate of drug-likeness (QED) is 0.330. The van der Waals surface area contributed by atoms with Crippen LogP contribution in [-0.4, -0.2) is 38.7 Å². The molecule has 2 aromatic heterocycles. The molecular weight excluding hydrogens is 455 g/mol. The third kappa shape index (κ3) is 4.15. The number of aromatic nitrogens is 3. The standard InChI is InChI=1S/C26H22ClFN4O2/c1-2-24(33)31-14-4-5-18(16-31)32-22-12-13-29-15-20(22)26(30-32)17-8-10-19(11-9-17)34-23-7-3-6-21(28)25(23)27/h2-3,6-13,15,18H,1,4-5,14,16H2. The Kier molecular flexibility index (Phi) is 6.02. The fourth-order valence-electron chi connectivity index (χ4n) is 4.33. The maximum atomic E-state index is 13.7. The van der Waals surface area contributed by atoms with Crippen LogP contribution in [-0.2, 0) is 4.79 Å². The van der Waals surface area contributed by atoms with Gasteiger partial charge < -0.3 is 9.64 Å². The summed E-state index contributed by atoms with van der Waals surface area (Å²) in [5.74, 6) is 0.196. The van der Waals surface area contributed by atoms with Crippen molar-refractivity contribution < 1.29 is 13.9 Å². The number of carbonyl (C=O) groups excluding carboxylic acids is 1. The minimum absolute atomic E-state index is 0.0566. The Morgan fingerprint density at radius 2 is 2.03 bits per heavy atom. The normalized spacial score (nSPS) is 15.9. The van der Waals surface area contributed by atoms with Crippen LogP contribution < -0.4 is 4.74 Å². The molecule has 1 fully saturated rings. The van der Waals surface area contributed by atoms with Gasteiger partial charge in [-0.25, -0.2) is 4.39 Å². The Bertz CT molecular complexity index is 1370. The van der Waals surface area contributed by atoms with Crippen LogP contribution in [0.1, 0.15) is 18.9 Å². The van der Waals surface area contributed by atoms with Crippen LogP contribution in [0.2, 0.25) is 5.02 Å². The molecule has 1 unspecified atom stereocenters. The number of carbonyl (C=O) groups is 1. The van der Waals surface area contributed by atoms with Crippen LogP contribution in [0.3, 0.4) is 0 Å². The van der Waals surface area contributed by atoms with Crippen molar-refractivity contribution in [2.45, 2.75) is 18.9 Å². The van der Waals surface area contributed by atoms with Gasteiger partial charge in [-0.05, 0) is 61.4 Å². The highest BCUT2D eigenvalue weighted by Crippen LogP contribution is 2.35. The molecule has 172 valence electrons. The zero-order valence-corrected chi connectivity index (χ0v) is 19.1. The fourth-order valence-corrected chi connectivity index (χ4v) is 4.50. The number of nitrogens with zero attached hydrogens (tertiary/aromatic N) is 4. The highest BCUT2D eigenvalue weighted by atomic mass is 35.5. The summed E-state index contributed by atoms with van der Waals surface area (Å²) in [5, 5.41) is 5.81. The van der Waals surface area contributed by atoms with E-state index in [1.165, 1.54) is 12.1 Å².